The Labute approximate surface area is 365 Å². The second-order valence-electron chi connectivity index (χ2n) is 14.6. The number of methoxy groups -OCH3 is 2. The molecule has 0 aliphatic heterocycles. The number of aliphatic hydroxyl groups is 1. The molecule has 308 valence electrons. The summed E-state index contributed by atoms with van der Waals surface area (Å²) in [6.07, 6.45) is 2.48. The van der Waals surface area contributed by atoms with Crippen molar-refractivity contribution in [3.8, 4) is 56.9 Å². The molecule has 10 rings (SSSR count). The highest BCUT2D eigenvalue weighted by Gasteiger charge is 2.32. The molecule has 6 aromatic carbocycles. The van der Waals surface area contributed by atoms with Crippen LogP contribution in [0.25, 0.3) is 33.9 Å². The maximum absolute atomic E-state index is 10.0. The lowest BCUT2D eigenvalue weighted by atomic mass is 10.1. The number of phenolic OH excluding ortho intramolecular Hbond substituents is 1. The predicted octanol–water partition coefficient (Wildman–Crippen LogP) is 10.8. The fourth-order valence-electron chi connectivity index (χ4n) is 7.76. The van der Waals surface area contributed by atoms with Gasteiger partial charge < -0.3 is 24.4 Å². The van der Waals surface area contributed by atoms with Crippen LogP contribution in [0.3, 0.4) is 0 Å². The molecule has 2 aromatic heterocycles. The molecule has 2 aliphatic carbocycles. The zero-order valence-electron chi connectivity index (χ0n) is 33.7. The van der Waals surface area contributed by atoms with Gasteiger partial charge in [-0.3, -0.25) is 0 Å². The van der Waals surface area contributed by atoms with E-state index in [0.717, 1.165) is 80.9 Å². The van der Waals surface area contributed by atoms with Crippen LogP contribution in [-0.4, -0.2) is 56.2 Å². The van der Waals surface area contributed by atoms with Crippen molar-refractivity contribution in [1.29, 1.82) is 0 Å². The third-order valence-electron chi connectivity index (χ3n) is 10.5. The monoisotopic (exact) mass is 850 g/mol. The number of nitrogens with zero attached hydrogens (tertiary/aromatic N) is 4. The van der Waals surface area contributed by atoms with Gasteiger partial charge in [0.2, 0.25) is 0 Å². The summed E-state index contributed by atoms with van der Waals surface area (Å²) >= 11 is 12.2. The van der Waals surface area contributed by atoms with Crippen molar-refractivity contribution in [2.75, 3.05) is 14.2 Å². The van der Waals surface area contributed by atoms with E-state index in [4.69, 9.17) is 52.7 Å². The van der Waals surface area contributed by atoms with Gasteiger partial charge in [-0.1, -0.05) is 108 Å². The minimum atomic E-state index is -0.360. The minimum absolute atomic E-state index is 0.0725. The number of para-hydroxylation sites is 6. The van der Waals surface area contributed by atoms with Crippen LogP contribution in [0.15, 0.2) is 158 Å². The first-order valence-electron chi connectivity index (χ1n) is 19.9. The van der Waals surface area contributed by atoms with Gasteiger partial charge in [-0.15, -0.1) is 0 Å². The van der Waals surface area contributed by atoms with Crippen LogP contribution in [-0.2, 0) is 25.7 Å². The predicted molar refractivity (Wildman–Crippen MR) is 241 cm³/mol. The first kappa shape index (κ1) is 41.2. The molecule has 0 amide bonds. The Morgan fingerprint density at radius 3 is 1.44 bits per heavy atom. The molecular formula is C50H44Cl2N4O5. The average molecular weight is 852 g/mol. The van der Waals surface area contributed by atoms with Gasteiger partial charge in [0.15, 0.2) is 0 Å². The fourth-order valence-corrected chi connectivity index (χ4v) is 8.02. The molecule has 2 heterocycles. The number of benzene rings is 6. The highest BCUT2D eigenvalue weighted by Crippen LogP contribution is 2.39. The molecule has 0 saturated carbocycles. The lowest BCUT2D eigenvalue weighted by Gasteiger charge is -2.16. The van der Waals surface area contributed by atoms with Crippen molar-refractivity contribution < 1.29 is 24.4 Å². The van der Waals surface area contributed by atoms with E-state index in [1.807, 2.05) is 143 Å². The fraction of sp³-hybridized carbons (Fsp3) is 0.160. The molecular weight excluding hydrogens is 807 g/mol. The normalized spacial score (nSPS) is 14.8. The van der Waals surface area contributed by atoms with Gasteiger partial charge in [-0.25, -0.2) is 9.36 Å². The van der Waals surface area contributed by atoms with Gasteiger partial charge in [0.25, 0.3) is 0 Å². The van der Waals surface area contributed by atoms with Crippen molar-refractivity contribution in [2.45, 2.75) is 37.9 Å². The van der Waals surface area contributed by atoms with Crippen LogP contribution in [0.1, 0.15) is 22.5 Å². The van der Waals surface area contributed by atoms with Crippen molar-refractivity contribution in [3.63, 3.8) is 0 Å². The summed E-state index contributed by atoms with van der Waals surface area (Å²) in [5, 5.41) is 29.8. The number of aliphatic hydroxyl groups excluding tert-OH is 1. The molecule has 0 saturated heterocycles. The van der Waals surface area contributed by atoms with Crippen molar-refractivity contribution in [1.82, 2.24) is 19.6 Å². The Morgan fingerprint density at radius 1 is 0.525 bits per heavy atom. The third kappa shape index (κ3) is 9.30. The van der Waals surface area contributed by atoms with Crippen LogP contribution in [0.5, 0.6) is 23.0 Å². The number of hydrogen-bond acceptors (Lipinski definition) is 7. The topological polar surface area (TPSA) is 104 Å². The van der Waals surface area contributed by atoms with Crippen LogP contribution >= 0.6 is 23.2 Å². The average Bonchev–Trinajstić information content (AvgIpc) is 4.04. The van der Waals surface area contributed by atoms with E-state index in [2.05, 4.69) is 0 Å². The van der Waals surface area contributed by atoms with Gasteiger partial charge in [-0.2, -0.15) is 10.2 Å². The van der Waals surface area contributed by atoms with E-state index in [0.29, 0.717) is 28.6 Å². The molecule has 11 heteroatoms. The number of rotatable bonds is 8. The summed E-state index contributed by atoms with van der Waals surface area (Å²) in [6.45, 7) is 0. The molecule has 2 aliphatic rings. The lowest BCUT2D eigenvalue weighted by molar-refractivity contribution is 0.185. The Kier molecular flexibility index (Phi) is 12.7. The second-order valence-corrected chi connectivity index (χ2v) is 15.5. The van der Waals surface area contributed by atoms with Crippen molar-refractivity contribution in [3.05, 3.63) is 190 Å². The minimum Gasteiger partial charge on any atom is -0.508 e. The molecule has 9 nitrogen and oxygen atoms in total. The summed E-state index contributed by atoms with van der Waals surface area (Å²) in [6, 6.07) is 50.0. The molecule has 0 fully saturated rings. The summed E-state index contributed by atoms with van der Waals surface area (Å²) in [4.78, 5) is 0. The molecule has 2 atom stereocenters. The smallest absolute Gasteiger partial charge is 0.144 e. The molecule has 0 radical (unpaired) electrons. The standard InChI is InChI=1S/C25H21ClN2O2.C19H17ClN2O2.C6H6O/c1-29-24-10-6-5-9-23(24)28-25(17-11-13-18(26)14-12-17)21-15-20(16-22(21)27-28)30-19-7-3-2-4-8-19;1-24-18-5-3-2-4-17(18)22-19(12-6-8-13(20)9-7-12)15-10-14(23)11-16(15)21-22;7-6-4-2-1-3-5-6/h2-14,20H,15-16H2,1H3;2-9,14,23H,10-11H2,1H3;1-5,7H/t20-;14-;/m01./s1. The van der Waals surface area contributed by atoms with Crippen molar-refractivity contribution in [2.24, 2.45) is 0 Å². The molecule has 0 spiro atoms. The number of hydrogen-bond donors (Lipinski definition) is 2. The first-order valence-corrected chi connectivity index (χ1v) is 20.7. The largest absolute Gasteiger partial charge is 0.508 e. The number of fused-ring (bicyclic) bond motifs is 2. The number of aromatic hydroxyl groups is 1. The third-order valence-corrected chi connectivity index (χ3v) is 11.0. The highest BCUT2D eigenvalue weighted by atomic mass is 35.5. The summed E-state index contributed by atoms with van der Waals surface area (Å²) in [5.74, 6) is 2.75. The summed E-state index contributed by atoms with van der Waals surface area (Å²) in [7, 11) is 3.34. The van der Waals surface area contributed by atoms with Crippen LogP contribution < -0.4 is 14.2 Å². The maximum atomic E-state index is 10.0. The van der Waals surface area contributed by atoms with E-state index in [9.17, 15) is 5.11 Å². The van der Waals surface area contributed by atoms with E-state index >= 15 is 0 Å². The molecule has 61 heavy (non-hydrogen) atoms. The molecule has 0 unspecified atom stereocenters. The number of ether oxygens (including phenoxy) is 3. The summed E-state index contributed by atoms with van der Waals surface area (Å²) < 4.78 is 21.2. The van der Waals surface area contributed by atoms with Gasteiger partial charge >= 0.3 is 0 Å². The Morgan fingerprint density at radius 2 is 0.967 bits per heavy atom. The van der Waals surface area contributed by atoms with E-state index < -0.39 is 0 Å². The van der Waals surface area contributed by atoms with E-state index in [-0.39, 0.29) is 12.2 Å². The number of halogens is 2. The number of phenols is 1. The van der Waals surface area contributed by atoms with E-state index in [1.165, 1.54) is 5.56 Å². The maximum Gasteiger partial charge on any atom is 0.144 e. The van der Waals surface area contributed by atoms with Crippen LogP contribution in [0, 0.1) is 0 Å². The number of aromatic nitrogens is 4. The van der Waals surface area contributed by atoms with Crippen LogP contribution in [0.4, 0.5) is 0 Å². The SMILES string of the molecule is COc1ccccc1-n1nc2c(c1-c1ccc(Cl)cc1)C[C@@H](O)C2.COc1ccccc1-n1nc2c(c1-c1ccc(Cl)cc1)C[C@H](Oc1ccccc1)C2.Oc1ccccc1. The van der Waals surface area contributed by atoms with Crippen LogP contribution in [0.2, 0.25) is 10.0 Å². The van der Waals surface area contributed by atoms with Gasteiger partial charge in [-0.05, 0) is 72.8 Å². The highest BCUT2D eigenvalue weighted by molar-refractivity contribution is 6.30. The van der Waals surface area contributed by atoms with Gasteiger partial charge in [0, 0.05) is 58.0 Å². The Hall–Kier alpha value is -6.52. The van der Waals surface area contributed by atoms with Gasteiger partial charge in [0.1, 0.15) is 40.5 Å². The van der Waals surface area contributed by atoms with Gasteiger partial charge in [0.05, 0.1) is 43.1 Å². The molecule has 2 N–H and O–H groups in total. The Balaban J connectivity index is 0.000000148. The second kappa shape index (κ2) is 18.8. The lowest BCUT2D eigenvalue weighted by Crippen LogP contribution is -2.18. The first-order chi connectivity index (χ1) is 29.8. The zero-order valence-corrected chi connectivity index (χ0v) is 35.2. The molecule has 0 bridgehead atoms. The van der Waals surface area contributed by atoms with E-state index in [1.54, 1.807) is 38.5 Å². The Bertz CT molecular complexity index is 2700. The zero-order chi connectivity index (χ0) is 42.3. The quantitative estimate of drug-likeness (QED) is 0.157. The van der Waals surface area contributed by atoms with Crippen molar-refractivity contribution >= 4 is 23.2 Å². The summed E-state index contributed by atoms with van der Waals surface area (Å²) in [5.41, 5.74) is 10.2. The molecule has 8 aromatic rings.